The smallest absolute Gasteiger partial charge is 0.321 e. The molecule has 114 valence electrons. The van der Waals surface area contributed by atoms with Gasteiger partial charge < -0.3 is 14.8 Å². The van der Waals surface area contributed by atoms with E-state index in [4.69, 9.17) is 4.74 Å². The SMILES string of the molecule is CNC(=O)NC(=O)C(C)Oc1ccc(CC(=O)OC)cc1. The Labute approximate surface area is 122 Å². The minimum atomic E-state index is -0.825. The van der Waals surface area contributed by atoms with Crippen molar-refractivity contribution in [2.75, 3.05) is 14.2 Å². The molecule has 0 aliphatic rings. The van der Waals surface area contributed by atoms with Crippen molar-refractivity contribution in [2.45, 2.75) is 19.4 Å². The molecule has 7 nitrogen and oxygen atoms in total. The minimum absolute atomic E-state index is 0.170. The van der Waals surface area contributed by atoms with Gasteiger partial charge in [-0.05, 0) is 24.6 Å². The number of methoxy groups -OCH3 is 1. The second kappa shape index (κ2) is 7.88. The molecule has 0 aliphatic heterocycles. The van der Waals surface area contributed by atoms with Crippen LogP contribution >= 0.6 is 0 Å². The van der Waals surface area contributed by atoms with Crippen molar-refractivity contribution < 1.29 is 23.9 Å². The predicted octanol–water partition coefficient (Wildman–Crippen LogP) is 0.625. The first-order chi connectivity index (χ1) is 9.96. The third-order valence-electron chi connectivity index (χ3n) is 2.65. The fourth-order valence-corrected chi connectivity index (χ4v) is 1.46. The fourth-order valence-electron chi connectivity index (χ4n) is 1.46. The second-order valence-corrected chi connectivity index (χ2v) is 4.23. The van der Waals surface area contributed by atoms with E-state index in [1.807, 2.05) is 0 Å². The standard InChI is InChI=1S/C14H18N2O5/c1-9(13(18)16-14(19)15-2)21-11-6-4-10(5-7-11)8-12(17)20-3/h4-7,9H,8H2,1-3H3,(H2,15,16,18,19). The predicted molar refractivity (Wildman–Crippen MR) is 74.9 cm³/mol. The molecule has 0 heterocycles. The molecular weight excluding hydrogens is 276 g/mol. The van der Waals surface area contributed by atoms with Crippen molar-refractivity contribution in [3.05, 3.63) is 29.8 Å². The number of nitrogens with one attached hydrogen (secondary N) is 2. The highest BCUT2D eigenvalue weighted by molar-refractivity contribution is 5.96. The van der Waals surface area contributed by atoms with Crippen molar-refractivity contribution in [3.8, 4) is 5.75 Å². The van der Waals surface area contributed by atoms with Crippen LogP contribution in [0.2, 0.25) is 0 Å². The fraction of sp³-hybridized carbons (Fsp3) is 0.357. The van der Waals surface area contributed by atoms with Crippen LogP contribution in [-0.2, 0) is 20.7 Å². The molecule has 1 atom stereocenters. The highest BCUT2D eigenvalue weighted by Gasteiger charge is 2.16. The molecule has 1 rings (SSSR count). The van der Waals surface area contributed by atoms with Crippen LogP contribution in [0, 0.1) is 0 Å². The number of carbonyl (C=O) groups excluding carboxylic acids is 3. The molecule has 2 N–H and O–H groups in total. The summed E-state index contributed by atoms with van der Waals surface area (Å²) < 4.78 is 9.97. The minimum Gasteiger partial charge on any atom is -0.481 e. The Bertz CT molecular complexity index is 513. The summed E-state index contributed by atoms with van der Waals surface area (Å²) in [5.41, 5.74) is 0.775. The molecule has 0 spiro atoms. The first-order valence-corrected chi connectivity index (χ1v) is 6.31. The lowest BCUT2D eigenvalue weighted by Gasteiger charge is -2.14. The van der Waals surface area contributed by atoms with E-state index in [0.717, 1.165) is 5.56 Å². The summed E-state index contributed by atoms with van der Waals surface area (Å²) in [6, 6.07) is 6.10. The lowest BCUT2D eigenvalue weighted by molar-refractivity contribution is -0.139. The number of amides is 3. The van der Waals surface area contributed by atoms with Gasteiger partial charge in [0, 0.05) is 7.05 Å². The lowest BCUT2D eigenvalue weighted by atomic mass is 10.1. The number of rotatable bonds is 5. The molecular formula is C14H18N2O5. The zero-order valence-corrected chi connectivity index (χ0v) is 12.1. The highest BCUT2D eigenvalue weighted by Crippen LogP contribution is 2.14. The van der Waals surface area contributed by atoms with Crippen LogP contribution in [-0.4, -0.2) is 38.2 Å². The first-order valence-electron chi connectivity index (χ1n) is 6.31. The van der Waals surface area contributed by atoms with Gasteiger partial charge in [-0.3, -0.25) is 14.9 Å². The van der Waals surface area contributed by atoms with Crippen molar-refractivity contribution in [2.24, 2.45) is 0 Å². The van der Waals surface area contributed by atoms with E-state index >= 15 is 0 Å². The molecule has 0 saturated carbocycles. The van der Waals surface area contributed by atoms with Gasteiger partial charge in [0.15, 0.2) is 6.10 Å². The molecule has 21 heavy (non-hydrogen) atoms. The van der Waals surface area contributed by atoms with Crippen LogP contribution in [0.15, 0.2) is 24.3 Å². The number of urea groups is 1. The number of benzene rings is 1. The van der Waals surface area contributed by atoms with Crippen LogP contribution in [0.4, 0.5) is 4.79 Å². The Kier molecular flexibility index (Phi) is 6.19. The summed E-state index contributed by atoms with van der Waals surface area (Å²) in [7, 11) is 2.74. The molecule has 1 aromatic rings. The lowest BCUT2D eigenvalue weighted by Crippen LogP contribution is -2.43. The number of ether oxygens (including phenoxy) is 2. The Hall–Kier alpha value is -2.57. The second-order valence-electron chi connectivity index (χ2n) is 4.23. The normalized spacial score (nSPS) is 11.2. The average Bonchev–Trinajstić information content (AvgIpc) is 2.48. The quantitative estimate of drug-likeness (QED) is 0.777. The topological polar surface area (TPSA) is 93.7 Å². The Morgan fingerprint density at radius 2 is 1.81 bits per heavy atom. The molecule has 0 saturated heterocycles. The molecule has 0 fully saturated rings. The summed E-state index contributed by atoms with van der Waals surface area (Å²) in [4.78, 5) is 33.7. The monoisotopic (exact) mass is 294 g/mol. The van der Waals surface area contributed by atoms with Crippen LogP contribution < -0.4 is 15.4 Å². The summed E-state index contributed by atoms with van der Waals surface area (Å²) in [5.74, 6) is -0.418. The van der Waals surface area contributed by atoms with E-state index in [1.54, 1.807) is 24.3 Å². The number of hydrogen-bond acceptors (Lipinski definition) is 5. The Morgan fingerprint density at radius 3 is 2.33 bits per heavy atom. The summed E-state index contributed by atoms with van der Waals surface area (Å²) in [6.07, 6.45) is -0.655. The number of hydrogen-bond donors (Lipinski definition) is 2. The summed E-state index contributed by atoms with van der Waals surface area (Å²) >= 11 is 0. The largest absolute Gasteiger partial charge is 0.481 e. The zero-order chi connectivity index (χ0) is 15.8. The summed E-state index contributed by atoms with van der Waals surface area (Å²) in [6.45, 7) is 1.53. The maximum atomic E-state index is 11.6. The Balaban J connectivity index is 2.56. The molecule has 1 aromatic carbocycles. The molecule has 1 unspecified atom stereocenters. The zero-order valence-electron chi connectivity index (χ0n) is 12.1. The van der Waals surface area contributed by atoms with Gasteiger partial charge >= 0.3 is 12.0 Å². The van der Waals surface area contributed by atoms with Crippen LogP contribution in [0.1, 0.15) is 12.5 Å². The molecule has 7 heteroatoms. The third kappa shape index (κ3) is 5.52. The molecule has 0 aliphatic carbocycles. The van der Waals surface area contributed by atoms with Crippen LogP contribution in [0.5, 0.6) is 5.75 Å². The molecule has 3 amide bonds. The highest BCUT2D eigenvalue weighted by atomic mass is 16.5. The van der Waals surface area contributed by atoms with Gasteiger partial charge in [-0.1, -0.05) is 12.1 Å². The summed E-state index contributed by atoms with van der Waals surface area (Å²) in [5, 5.41) is 4.40. The van der Waals surface area contributed by atoms with E-state index in [1.165, 1.54) is 21.1 Å². The van der Waals surface area contributed by atoms with Gasteiger partial charge in [-0.15, -0.1) is 0 Å². The van der Waals surface area contributed by atoms with Gasteiger partial charge in [0.2, 0.25) is 0 Å². The van der Waals surface area contributed by atoms with Crippen molar-refractivity contribution in [3.63, 3.8) is 0 Å². The van der Waals surface area contributed by atoms with E-state index in [2.05, 4.69) is 15.4 Å². The number of imide groups is 1. The van der Waals surface area contributed by atoms with Crippen LogP contribution in [0.3, 0.4) is 0 Å². The molecule has 0 bridgehead atoms. The van der Waals surface area contributed by atoms with Gasteiger partial charge in [0.1, 0.15) is 5.75 Å². The van der Waals surface area contributed by atoms with Gasteiger partial charge in [-0.2, -0.15) is 0 Å². The average molecular weight is 294 g/mol. The van der Waals surface area contributed by atoms with Crippen LogP contribution in [0.25, 0.3) is 0 Å². The van der Waals surface area contributed by atoms with Gasteiger partial charge in [0.25, 0.3) is 5.91 Å². The van der Waals surface area contributed by atoms with E-state index in [-0.39, 0.29) is 12.4 Å². The number of carbonyl (C=O) groups is 3. The van der Waals surface area contributed by atoms with Crippen molar-refractivity contribution in [1.82, 2.24) is 10.6 Å². The first kappa shape index (κ1) is 16.5. The van der Waals surface area contributed by atoms with E-state index in [0.29, 0.717) is 5.75 Å². The third-order valence-corrected chi connectivity index (χ3v) is 2.65. The molecule has 0 aromatic heterocycles. The molecule has 0 radical (unpaired) electrons. The maximum Gasteiger partial charge on any atom is 0.321 e. The van der Waals surface area contributed by atoms with Gasteiger partial charge in [-0.25, -0.2) is 4.79 Å². The van der Waals surface area contributed by atoms with E-state index in [9.17, 15) is 14.4 Å². The van der Waals surface area contributed by atoms with E-state index < -0.39 is 18.0 Å². The Morgan fingerprint density at radius 1 is 1.19 bits per heavy atom. The van der Waals surface area contributed by atoms with Crippen molar-refractivity contribution >= 4 is 17.9 Å². The maximum absolute atomic E-state index is 11.6. The number of esters is 1. The van der Waals surface area contributed by atoms with Crippen molar-refractivity contribution in [1.29, 1.82) is 0 Å². The van der Waals surface area contributed by atoms with Gasteiger partial charge in [0.05, 0.1) is 13.5 Å².